The molecule has 1 aromatic carbocycles. The van der Waals surface area contributed by atoms with Gasteiger partial charge in [-0.15, -0.1) is 0 Å². The summed E-state index contributed by atoms with van der Waals surface area (Å²) in [4.78, 5) is 8.68. The number of nitrogens with one attached hydrogen (secondary N) is 1. The zero-order chi connectivity index (χ0) is 16.1. The third-order valence-corrected chi connectivity index (χ3v) is 3.72. The van der Waals surface area contributed by atoms with Crippen molar-refractivity contribution in [2.24, 2.45) is 0 Å². The molecule has 1 heterocycles. The highest BCUT2D eigenvalue weighted by Crippen LogP contribution is 2.26. The topological polar surface area (TPSA) is 58.0 Å². The Kier molecular flexibility index (Phi) is 5.61. The first-order chi connectivity index (χ1) is 10.5. The Morgan fingerprint density at radius 3 is 2.50 bits per heavy atom. The molecule has 0 aliphatic carbocycles. The lowest BCUT2D eigenvalue weighted by Crippen LogP contribution is -2.09. The van der Waals surface area contributed by atoms with Gasteiger partial charge in [-0.25, -0.2) is 9.97 Å². The van der Waals surface area contributed by atoms with Crippen molar-refractivity contribution in [3.05, 3.63) is 46.2 Å². The summed E-state index contributed by atoms with van der Waals surface area (Å²) in [6, 6.07) is 7.90. The molecule has 0 unspecified atom stereocenters. The molecule has 0 fully saturated rings. The van der Waals surface area contributed by atoms with E-state index in [0.29, 0.717) is 17.3 Å². The molecule has 4 nitrogen and oxygen atoms in total. The highest BCUT2D eigenvalue weighted by molar-refractivity contribution is 6.30. The summed E-state index contributed by atoms with van der Waals surface area (Å²) in [5.74, 6) is 0.938. The van der Waals surface area contributed by atoms with Gasteiger partial charge in [0, 0.05) is 11.6 Å². The molecule has 0 bridgehead atoms. The second-order valence-corrected chi connectivity index (χ2v) is 6.11. The van der Waals surface area contributed by atoms with Gasteiger partial charge in [0.1, 0.15) is 0 Å². The normalized spacial score (nSPS) is 11.0. The van der Waals surface area contributed by atoms with Crippen LogP contribution in [0.15, 0.2) is 24.3 Å². The van der Waals surface area contributed by atoms with Gasteiger partial charge in [0.15, 0.2) is 5.75 Å². The van der Waals surface area contributed by atoms with Crippen LogP contribution < -0.4 is 5.32 Å². The third-order valence-electron chi connectivity index (χ3n) is 3.47. The van der Waals surface area contributed by atoms with Gasteiger partial charge in [0.25, 0.3) is 0 Å². The van der Waals surface area contributed by atoms with Crippen molar-refractivity contribution >= 4 is 17.5 Å². The van der Waals surface area contributed by atoms with Crippen molar-refractivity contribution in [3.63, 3.8) is 0 Å². The van der Waals surface area contributed by atoms with E-state index in [1.165, 1.54) is 5.56 Å². The number of rotatable bonds is 6. The number of aromatic hydroxyl groups is 1. The molecule has 0 aliphatic rings. The van der Waals surface area contributed by atoms with Crippen molar-refractivity contribution < 1.29 is 5.11 Å². The van der Waals surface area contributed by atoms with E-state index in [0.717, 1.165) is 24.4 Å². The Morgan fingerprint density at radius 2 is 1.86 bits per heavy atom. The predicted molar refractivity (Wildman–Crippen MR) is 90.8 cm³/mol. The van der Waals surface area contributed by atoms with E-state index in [-0.39, 0.29) is 11.7 Å². The van der Waals surface area contributed by atoms with E-state index < -0.39 is 0 Å². The van der Waals surface area contributed by atoms with E-state index in [1.807, 2.05) is 38.1 Å². The molecule has 0 saturated heterocycles. The smallest absolute Gasteiger partial charge is 0.223 e. The summed E-state index contributed by atoms with van der Waals surface area (Å²) in [5.41, 5.74) is 2.56. The molecule has 0 amide bonds. The van der Waals surface area contributed by atoms with Gasteiger partial charge in [-0.2, -0.15) is 0 Å². The van der Waals surface area contributed by atoms with Gasteiger partial charge in [0.05, 0.1) is 11.4 Å². The molecule has 0 spiro atoms. The van der Waals surface area contributed by atoms with Crippen molar-refractivity contribution in [1.29, 1.82) is 0 Å². The van der Waals surface area contributed by atoms with Gasteiger partial charge in [0.2, 0.25) is 5.95 Å². The average Bonchev–Trinajstić information content (AvgIpc) is 2.48. The highest BCUT2D eigenvalue weighted by atomic mass is 35.5. The number of hydrogen-bond acceptors (Lipinski definition) is 4. The highest BCUT2D eigenvalue weighted by Gasteiger charge is 2.13. The molecule has 5 heteroatoms. The Balaban J connectivity index is 1.90. The standard InChI is InChI=1S/C17H22ClN3O/c1-11(2)15-16(22)12(3)20-17(21-15)19-10-4-5-13-6-8-14(18)9-7-13/h6-9,11,22H,4-5,10H2,1-3H3,(H,19,20,21). The first-order valence-electron chi connectivity index (χ1n) is 7.53. The van der Waals surface area contributed by atoms with Crippen molar-refractivity contribution in [2.45, 2.75) is 39.5 Å². The number of hydrogen-bond donors (Lipinski definition) is 2. The summed E-state index contributed by atoms with van der Waals surface area (Å²) in [5, 5.41) is 14.0. The number of halogens is 1. The number of nitrogens with zero attached hydrogens (tertiary/aromatic N) is 2. The van der Waals surface area contributed by atoms with Crippen LogP contribution in [0.1, 0.15) is 43.1 Å². The van der Waals surface area contributed by atoms with Crippen molar-refractivity contribution in [2.75, 3.05) is 11.9 Å². The van der Waals surface area contributed by atoms with E-state index in [4.69, 9.17) is 11.6 Å². The fraction of sp³-hybridized carbons (Fsp3) is 0.412. The van der Waals surface area contributed by atoms with Crippen molar-refractivity contribution in [3.8, 4) is 5.75 Å². The zero-order valence-corrected chi connectivity index (χ0v) is 14.0. The molecule has 2 rings (SSSR count). The number of benzene rings is 1. The van der Waals surface area contributed by atoms with Crippen LogP contribution in [0, 0.1) is 6.92 Å². The largest absolute Gasteiger partial charge is 0.504 e. The summed E-state index contributed by atoms with van der Waals surface area (Å²) >= 11 is 5.87. The fourth-order valence-corrected chi connectivity index (χ4v) is 2.34. The molecular formula is C17H22ClN3O. The Bertz CT molecular complexity index is 627. The SMILES string of the molecule is Cc1nc(NCCCc2ccc(Cl)cc2)nc(C(C)C)c1O. The van der Waals surface area contributed by atoms with Crippen LogP contribution in [0.3, 0.4) is 0 Å². The summed E-state index contributed by atoms with van der Waals surface area (Å²) in [6.07, 6.45) is 1.94. The van der Waals surface area contributed by atoms with Gasteiger partial charge >= 0.3 is 0 Å². The molecule has 2 aromatic rings. The van der Waals surface area contributed by atoms with Gasteiger partial charge in [-0.05, 0) is 43.4 Å². The maximum Gasteiger partial charge on any atom is 0.223 e. The Morgan fingerprint density at radius 1 is 1.18 bits per heavy atom. The maximum absolute atomic E-state index is 9.97. The van der Waals surface area contributed by atoms with Crippen LogP contribution in [0.4, 0.5) is 5.95 Å². The molecular weight excluding hydrogens is 298 g/mol. The van der Waals surface area contributed by atoms with E-state index in [1.54, 1.807) is 6.92 Å². The van der Waals surface area contributed by atoms with Gasteiger partial charge in [-0.3, -0.25) is 0 Å². The third kappa shape index (κ3) is 4.34. The predicted octanol–water partition coefficient (Wildman–Crippen LogP) is 4.31. The molecule has 0 atom stereocenters. The lowest BCUT2D eigenvalue weighted by atomic mass is 10.1. The maximum atomic E-state index is 9.97. The minimum Gasteiger partial charge on any atom is -0.504 e. The van der Waals surface area contributed by atoms with Gasteiger partial charge < -0.3 is 10.4 Å². The van der Waals surface area contributed by atoms with Crippen LogP contribution in [-0.2, 0) is 6.42 Å². The van der Waals surface area contributed by atoms with Crippen LogP contribution >= 0.6 is 11.6 Å². The number of aryl methyl sites for hydroxylation is 2. The second-order valence-electron chi connectivity index (χ2n) is 5.68. The lowest BCUT2D eigenvalue weighted by molar-refractivity contribution is 0.451. The molecule has 118 valence electrons. The lowest BCUT2D eigenvalue weighted by Gasteiger charge is -2.12. The first-order valence-corrected chi connectivity index (χ1v) is 7.91. The Labute approximate surface area is 136 Å². The van der Waals surface area contributed by atoms with E-state index >= 15 is 0 Å². The molecule has 2 N–H and O–H groups in total. The minimum atomic E-state index is 0.163. The molecule has 22 heavy (non-hydrogen) atoms. The quantitative estimate of drug-likeness (QED) is 0.779. The molecule has 1 aromatic heterocycles. The van der Waals surface area contributed by atoms with E-state index in [9.17, 15) is 5.11 Å². The molecule has 0 radical (unpaired) electrons. The van der Waals surface area contributed by atoms with Crippen LogP contribution in [0.5, 0.6) is 5.75 Å². The number of aromatic nitrogens is 2. The Hall–Kier alpha value is -1.81. The van der Waals surface area contributed by atoms with Crippen molar-refractivity contribution in [1.82, 2.24) is 9.97 Å². The van der Waals surface area contributed by atoms with Crippen LogP contribution in [0.25, 0.3) is 0 Å². The summed E-state index contributed by atoms with van der Waals surface area (Å²) < 4.78 is 0. The second kappa shape index (κ2) is 7.45. The first kappa shape index (κ1) is 16.6. The fourth-order valence-electron chi connectivity index (χ4n) is 2.21. The summed E-state index contributed by atoms with van der Waals surface area (Å²) in [7, 11) is 0. The van der Waals surface area contributed by atoms with E-state index in [2.05, 4.69) is 15.3 Å². The van der Waals surface area contributed by atoms with Crippen LogP contribution in [-0.4, -0.2) is 21.6 Å². The average molecular weight is 320 g/mol. The number of anilines is 1. The monoisotopic (exact) mass is 319 g/mol. The molecule has 0 aliphatic heterocycles. The zero-order valence-electron chi connectivity index (χ0n) is 13.2. The minimum absolute atomic E-state index is 0.163. The van der Waals surface area contributed by atoms with Gasteiger partial charge in [-0.1, -0.05) is 37.6 Å². The van der Waals surface area contributed by atoms with Crippen LogP contribution in [0.2, 0.25) is 5.02 Å². The summed E-state index contributed by atoms with van der Waals surface area (Å²) in [6.45, 7) is 6.59. The molecule has 0 saturated carbocycles.